The van der Waals surface area contributed by atoms with E-state index >= 15 is 0 Å². The molecule has 0 saturated carbocycles. The molecule has 0 fully saturated rings. The van der Waals surface area contributed by atoms with Gasteiger partial charge in [-0.3, -0.25) is 0 Å². The van der Waals surface area contributed by atoms with Crippen LogP contribution in [0.5, 0.6) is 5.75 Å². The Morgan fingerprint density at radius 3 is 2.80 bits per heavy atom. The van der Waals surface area contributed by atoms with E-state index in [0.29, 0.717) is 23.8 Å². The van der Waals surface area contributed by atoms with Gasteiger partial charge in [-0.1, -0.05) is 12.1 Å². The zero-order valence-corrected chi connectivity index (χ0v) is 16.4. The molecular weight excluding hydrogens is 427 g/mol. The zero-order chi connectivity index (χ0) is 16.9. The lowest BCUT2D eigenvalue weighted by Crippen LogP contribution is -2.22. The van der Waals surface area contributed by atoms with Gasteiger partial charge in [-0.05, 0) is 60.2 Å². The Hall–Kier alpha value is -2.27. The number of anilines is 1. The molecule has 3 N–H and O–H groups in total. The number of benzene rings is 2. The molecule has 0 atom stereocenters. The van der Waals surface area contributed by atoms with Crippen molar-refractivity contribution in [3.63, 3.8) is 0 Å². The Labute approximate surface area is 164 Å². The second-order valence-electron chi connectivity index (χ2n) is 5.81. The van der Waals surface area contributed by atoms with Crippen LogP contribution < -0.4 is 15.8 Å². The maximum Gasteiger partial charge on any atom is 0.193 e. The summed E-state index contributed by atoms with van der Waals surface area (Å²) in [5, 5.41) is 12.1. The third-order valence-electron chi connectivity index (χ3n) is 4.19. The predicted octanol–water partition coefficient (Wildman–Crippen LogP) is 3.60. The highest BCUT2D eigenvalue weighted by Gasteiger charge is 2.11. The molecule has 2 aromatic rings. The van der Waals surface area contributed by atoms with Crippen molar-refractivity contribution < 1.29 is 4.74 Å². The Bertz CT molecular complexity index is 827. The van der Waals surface area contributed by atoms with E-state index in [1.807, 2.05) is 18.2 Å². The van der Waals surface area contributed by atoms with Gasteiger partial charge in [0.2, 0.25) is 0 Å². The number of aliphatic imine (C=N–C) groups is 1. The van der Waals surface area contributed by atoms with E-state index in [0.717, 1.165) is 17.7 Å². The first-order valence-corrected chi connectivity index (χ1v) is 7.95. The average molecular weight is 448 g/mol. The molecule has 2 aromatic carbocycles. The summed E-state index contributed by atoms with van der Waals surface area (Å²) in [6, 6.07) is 13.8. The highest BCUT2D eigenvalue weighted by atomic mass is 127. The molecule has 0 radical (unpaired) electrons. The number of hydrogen-bond donors (Lipinski definition) is 2. The second kappa shape index (κ2) is 8.72. The topological polar surface area (TPSA) is 83.4 Å². The van der Waals surface area contributed by atoms with Crippen molar-refractivity contribution >= 4 is 35.6 Å². The first-order valence-electron chi connectivity index (χ1n) is 7.95. The summed E-state index contributed by atoms with van der Waals surface area (Å²) in [6.45, 7) is 0.422. The predicted molar refractivity (Wildman–Crippen MR) is 111 cm³/mol. The van der Waals surface area contributed by atoms with E-state index in [4.69, 9.17) is 15.7 Å². The summed E-state index contributed by atoms with van der Waals surface area (Å²) in [7, 11) is 1.55. The summed E-state index contributed by atoms with van der Waals surface area (Å²) in [4.78, 5) is 4.36. The Kier molecular flexibility index (Phi) is 6.65. The summed E-state index contributed by atoms with van der Waals surface area (Å²) >= 11 is 0. The zero-order valence-electron chi connectivity index (χ0n) is 14.1. The van der Waals surface area contributed by atoms with Crippen LogP contribution in [0.2, 0.25) is 0 Å². The fourth-order valence-electron chi connectivity index (χ4n) is 2.94. The molecular formula is C19H21IN4O. The second-order valence-corrected chi connectivity index (χ2v) is 5.81. The highest BCUT2D eigenvalue weighted by molar-refractivity contribution is 14.0. The van der Waals surface area contributed by atoms with Crippen LogP contribution in [0.1, 0.15) is 28.7 Å². The molecule has 0 spiro atoms. The Morgan fingerprint density at radius 2 is 2.04 bits per heavy atom. The van der Waals surface area contributed by atoms with Gasteiger partial charge < -0.3 is 15.8 Å². The molecule has 1 aliphatic carbocycles. The van der Waals surface area contributed by atoms with Gasteiger partial charge >= 0.3 is 0 Å². The number of rotatable bonds is 4. The van der Waals surface area contributed by atoms with Crippen LogP contribution in [0.15, 0.2) is 41.4 Å². The van der Waals surface area contributed by atoms with E-state index < -0.39 is 0 Å². The quantitative estimate of drug-likeness (QED) is 0.426. The normalized spacial score (nSPS) is 12.7. The van der Waals surface area contributed by atoms with Crippen molar-refractivity contribution in [1.82, 2.24) is 0 Å². The van der Waals surface area contributed by atoms with Crippen molar-refractivity contribution in [3.05, 3.63) is 58.7 Å². The Balaban J connectivity index is 0.00000225. The van der Waals surface area contributed by atoms with Gasteiger partial charge in [-0.25, -0.2) is 4.99 Å². The van der Waals surface area contributed by atoms with Crippen molar-refractivity contribution in [2.75, 3.05) is 12.4 Å². The number of halogens is 1. The van der Waals surface area contributed by atoms with Gasteiger partial charge in [-0.2, -0.15) is 5.26 Å². The molecule has 0 bridgehead atoms. The summed E-state index contributed by atoms with van der Waals surface area (Å²) in [5.41, 5.74) is 11.2. The maximum atomic E-state index is 9.00. The number of nitriles is 1. The minimum Gasteiger partial charge on any atom is -0.495 e. The number of methoxy groups -OCH3 is 1. The van der Waals surface area contributed by atoms with Gasteiger partial charge in [0, 0.05) is 5.69 Å². The first kappa shape index (κ1) is 19.1. The van der Waals surface area contributed by atoms with E-state index in [-0.39, 0.29) is 24.0 Å². The lowest BCUT2D eigenvalue weighted by atomic mass is 10.1. The fourth-order valence-corrected chi connectivity index (χ4v) is 2.94. The van der Waals surface area contributed by atoms with E-state index in [1.54, 1.807) is 13.2 Å². The molecule has 0 saturated heterocycles. The standard InChI is InChI=1S/C19H20N4O.HI/c1-24-18-9-13(5-6-16(18)11-20)12-22-19(21)23-17-8-7-14-3-2-4-15(14)10-17;/h5-10H,2-4,12H2,1H3,(H3,21,22,23);1H. The SMILES string of the molecule is COc1cc(CN=C(N)Nc2ccc3c(c2)CCC3)ccc1C#N.I. The molecule has 0 unspecified atom stereocenters. The summed E-state index contributed by atoms with van der Waals surface area (Å²) in [5.74, 6) is 0.923. The minimum absolute atomic E-state index is 0. The van der Waals surface area contributed by atoms with Crippen LogP contribution in [0.4, 0.5) is 5.69 Å². The van der Waals surface area contributed by atoms with Crippen LogP contribution >= 0.6 is 24.0 Å². The molecule has 130 valence electrons. The van der Waals surface area contributed by atoms with Crippen LogP contribution in [-0.4, -0.2) is 13.1 Å². The largest absolute Gasteiger partial charge is 0.495 e. The lowest BCUT2D eigenvalue weighted by Gasteiger charge is -2.08. The fraction of sp³-hybridized carbons (Fsp3) is 0.263. The minimum atomic E-state index is 0. The average Bonchev–Trinajstić information content (AvgIpc) is 3.07. The van der Waals surface area contributed by atoms with E-state index in [1.165, 1.54) is 24.0 Å². The number of ether oxygens (including phenoxy) is 1. The molecule has 0 heterocycles. The van der Waals surface area contributed by atoms with Crippen LogP contribution in [0, 0.1) is 11.3 Å². The molecule has 25 heavy (non-hydrogen) atoms. The molecule has 5 nitrogen and oxygen atoms in total. The molecule has 0 aromatic heterocycles. The van der Waals surface area contributed by atoms with Gasteiger partial charge in [0.1, 0.15) is 11.8 Å². The van der Waals surface area contributed by atoms with Crippen LogP contribution in [0.3, 0.4) is 0 Å². The van der Waals surface area contributed by atoms with Crippen LogP contribution in [0.25, 0.3) is 0 Å². The van der Waals surface area contributed by atoms with Gasteiger partial charge in [0.05, 0.1) is 19.2 Å². The molecule has 6 heteroatoms. The van der Waals surface area contributed by atoms with Crippen molar-refractivity contribution in [1.29, 1.82) is 5.26 Å². The number of nitrogens with zero attached hydrogens (tertiary/aromatic N) is 2. The van der Waals surface area contributed by atoms with Crippen molar-refractivity contribution in [2.24, 2.45) is 10.7 Å². The molecule has 1 aliphatic rings. The number of fused-ring (bicyclic) bond motifs is 1. The third-order valence-corrected chi connectivity index (χ3v) is 4.19. The molecule has 0 aliphatic heterocycles. The number of guanidine groups is 1. The molecule has 3 rings (SSSR count). The smallest absolute Gasteiger partial charge is 0.193 e. The summed E-state index contributed by atoms with van der Waals surface area (Å²) < 4.78 is 5.20. The number of nitrogens with one attached hydrogen (secondary N) is 1. The van der Waals surface area contributed by atoms with Crippen molar-refractivity contribution in [3.8, 4) is 11.8 Å². The first-order chi connectivity index (χ1) is 11.7. The van der Waals surface area contributed by atoms with Crippen LogP contribution in [-0.2, 0) is 19.4 Å². The lowest BCUT2D eigenvalue weighted by molar-refractivity contribution is 0.413. The number of aryl methyl sites for hydroxylation is 2. The Morgan fingerprint density at radius 1 is 1.24 bits per heavy atom. The van der Waals surface area contributed by atoms with Gasteiger partial charge in [-0.15, -0.1) is 24.0 Å². The van der Waals surface area contributed by atoms with Crippen molar-refractivity contribution in [2.45, 2.75) is 25.8 Å². The highest BCUT2D eigenvalue weighted by Crippen LogP contribution is 2.25. The number of hydrogen-bond acceptors (Lipinski definition) is 3. The van der Waals surface area contributed by atoms with Gasteiger partial charge in [0.15, 0.2) is 5.96 Å². The van der Waals surface area contributed by atoms with Gasteiger partial charge in [0.25, 0.3) is 0 Å². The van der Waals surface area contributed by atoms with E-state index in [9.17, 15) is 0 Å². The number of nitrogens with two attached hydrogens (primary N) is 1. The van der Waals surface area contributed by atoms with E-state index in [2.05, 4.69) is 28.5 Å². The third kappa shape index (κ3) is 4.63. The monoisotopic (exact) mass is 448 g/mol. The summed E-state index contributed by atoms with van der Waals surface area (Å²) in [6.07, 6.45) is 3.52. The maximum absolute atomic E-state index is 9.00. The molecule has 0 amide bonds.